The highest BCUT2D eigenvalue weighted by molar-refractivity contribution is 9.09. The van der Waals surface area contributed by atoms with Crippen LogP contribution in [0.3, 0.4) is 0 Å². The van der Waals surface area contributed by atoms with Crippen LogP contribution in [0.2, 0.25) is 5.02 Å². The molecule has 100 valence electrons. The molecule has 0 bridgehead atoms. The summed E-state index contributed by atoms with van der Waals surface area (Å²) in [5, 5.41) is 1.68. The van der Waals surface area contributed by atoms with Gasteiger partial charge in [0.1, 0.15) is 0 Å². The van der Waals surface area contributed by atoms with Crippen molar-refractivity contribution in [2.75, 3.05) is 18.4 Å². The molecule has 1 unspecified atom stereocenters. The molecule has 0 N–H and O–H groups in total. The second-order valence-electron chi connectivity index (χ2n) is 5.45. The largest absolute Gasteiger partial charge is 0.369 e. The second-order valence-corrected chi connectivity index (χ2v) is 6.54. The van der Waals surface area contributed by atoms with Crippen LogP contribution in [0.15, 0.2) is 24.3 Å². The summed E-state index contributed by atoms with van der Waals surface area (Å²) in [5.41, 5.74) is 1.17. The van der Waals surface area contributed by atoms with Crippen molar-refractivity contribution in [2.24, 2.45) is 0 Å². The number of halogens is 2. The van der Waals surface area contributed by atoms with E-state index in [2.05, 4.69) is 40.7 Å². The van der Waals surface area contributed by atoms with Crippen LogP contribution < -0.4 is 0 Å². The zero-order valence-electron chi connectivity index (χ0n) is 10.8. The summed E-state index contributed by atoms with van der Waals surface area (Å²) in [6.07, 6.45) is 0.257. The number of hydrogen-bond donors (Lipinski definition) is 0. The first kappa shape index (κ1) is 14.3. The predicted octanol–water partition coefficient (Wildman–Crippen LogP) is 3.71. The molecule has 2 nitrogen and oxygen atoms in total. The Labute approximate surface area is 122 Å². The molecule has 1 aliphatic rings. The molecule has 1 aromatic rings. The minimum absolute atomic E-state index is 0.0880. The van der Waals surface area contributed by atoms with Gasteiger partial charge in [0, 0.05) is 30.0 Å². The van der Waals surface area contributed by atoms with E-state index in [-0.39, 0.29) is 11.7 Å². The van der Waals surface area contributed by atoms with Crippen LogP contribution in [0.5, 0.6) is 0 Å². The van der Waals surface area contributed by atoms with E-state index in [1.54, 1.807) is 0 Å². The Hall–Kier alpha value is -0.0900. The van der Waals surface area contributed by atoms with Crippen LogP contribution in [-0.2, 0) is 11.3 Å². The smallest absolute Gasteiger partial charge is 0.0806 e. The quantitative estimate of drug-likeness (QED) is 0.782. The van der Waals surface area contributed by atoms with Crippen molar-refractivity contribution in [3.05, 3.63) is 34.9 Å². The zero-order valence-corrected chi connectivity index (χ0v) is 13.2. The number of alkyl halides is 1. The maximum absolute atomic E-state index is 6.02. The lowest BCUT2D eigenvalue weighted by atomic mass is 10.0. The summed E-state index contributed by atoms with van der Waals surface area (Å²) < 4.78 is 6.00. The minimum Gasteiger partial charge on any atom is -0.369 e. The standard InChI is InChI=1S/C14H19BrClNO/c1-14(2)10-17(9-13(7-15)18-14)8-11-4-3-5-12(16)6-11/h3-6,13H,7-10H2,1-2H3. The second kappa shape index (κ2) is 5.91. The van der Waals surface area contributed by atoms with Gasteiger partial charge in [0.15, 0.2) is 0 Å². The number of ether oxygens (including phenoxy) is 1. The van der Waals surface area contributed by atoms with E-state index in [0.29, 0.717) is 0 Å². The molecule has 1 fully saturated rings. The number of morpholine rings is 1. The van der Waals surface area contributed by atoms with Crippen LogP contribution in [0.4, 0.5) is 0 Å². The van der Waals surface area contributed by atoms with E-state index in [4.69, 9.17) is 16.3 Å². The van der Waals surface area contributed by atoms with Gasteiger partial charge in [0.25, 0.3) is 0 Å². The molecular formula is C14H19BrClNO. The Morgan fingerprint density at radius 3 is 2.94 bits per heavy atom. The van der Waals surface area contributed by atoms with Gasteiger partial charge < -0.3 is 4.74 Å². The van der Waals surface area contributed by atoms with Gasteiger partial charge in [-0.1, -0.05) is 39.7 Å². The van der Waals surface area contributed by atoms with Crippen molar-refractivity contribution in [2.45, 2.75) is 32.1 Å². The van der Waals surface area contributed by atoms with E-state index >= 15 is 0 Å². The summed E-state index contributed by atoms with van der Waals surface area (Å²) in [4.78, 5) is 2.43. The third-order valence-electron chi connectivity index (χ3n) is 3.02. The molecule has 1 aromatic carbocycles. The fourth-order valence-corrected chi connectivity index (χ4v) is 3.06. The van der Waals surface area contributed by atoms with Crippen LogP contribution in [-0.4, -0.2) is 35.0 Å². The summed E-state index contributed by atoms with van der Waals surface area (Å²) in [6.45, 7) is 7.13. The topological polar surface area (TPSA) is 12.5 Å². The lowest BCUT2D eigenvalue weighted by Crippen LogP contribution is -2.52. The van der Waals surface area contributed by atoms with Crippen LogP contribution in [0.1, 0.15) is 19.4 Å². The number of rotatable bonds is 3. The first-order valence-corrected chi connectivity index (χ1v) is 7.69. The molecule has 0 radical (unpaired) electrons. The average Bonchev–Trinajstić information content (AvgIpc) is 2.26. The summed E-state index contributed by atoms with van der Waals surface area (Å²) >= 11 is 9.54. The highest BCUT2D eigenvalue weighted by atomic mass is 79.9. The zero-order chi connectivity index (χ0) is 13.2. The Bertz CT molecular complexity index is 411. The van der Waals surface area contributed by atoms with E-state index in [1.165, 1.54) is 5.56 Å². The summed E-state index contributed by atoms with van der Waals surface area (Å²) in [6, 6.07) is 8.07. The third kappa shape index (κ3) is 3.95. The van der Waals surface area contributed by atoms with Gasteiger partial charge >= 0.3 is 0 Å². The van der Waals surface area contributed by atoms with Crippen molar-refractivity contribution >= 4 is 27.5 Å². The van der Waals surface area contributed by atoms with Crippen molar-refractivity contribution in [3.8, 4) is 0 Å². The Balaban J connectivity index is 2.04. The maximum Gasteiger partial charge on any atom is 0.0806 e. The van der Waals surface area contributed by atoms with E-state index in [0.717, 1.165) is 30.0 Å². The summed E-state index contributed by atoms with van der Waals surface area (Å²) in [7, 11) is 0. The Morgan fingerprint density at radius 1 is 1.50 bits per heavy atom. The molecule has 1 heterocycles. The van der Waals surface area contributed by atoms with Gasteiger partial charge in [-0.25, -0.2) is 0 Å². The van der Waals surface area contributed by atoms with E-state index < -0.39 is 0 Å². The van der Waals surface area contributed by atoms with Gasteiger partial charge in [-0.2, -0.15) is 0 Å². The fraction of sp³-hybridized carbons (Fsp3) is 0.571. The molecule has 1 atom stereocenters. The van der Waals surface area contributed by atoms with Crippen molar-refractivity contribution in [1.29, 1.82) is 0 Å². The van der Waals surface area contributed by atoms with E-state index in [9.17, 15) is 0 Å². The monoisotopic (exact) mass is 331 g/mol. The summed E-state index contributed by atoms with van der Waals surface area (Å²) in [5.74, 6) is 0. The molecule has 1 aliphatic heterocycles. The highest BCUT2D eigenvalue weighted by Gasteiger charge is 2.32. The minimum atomic E-state index is -0.0880. The molecule has 0 amide bonds. The Kier molecular flexibility index (Phi) is 4.70. The van der Waals surface area contributed by atoms with Crippen molar-refractivity contribution in [1.82, 2.24) is 4.90 Å². The first-order chi connectivity index (χ1) is 8.48. The van der Waals surface area contributed by atoms with Gasteiger partial charge in [-0.3, -0.25) is 4.90 Å². The van der Waals surface area contributed by atoms with Crippen LogP contribution >= 0.6 is 27.5 Å². The first-order valence-electron chi connectivity index (χ1n) is 6.19. The normalized spacial score (nSPS) is 24.1. The molecule has 1 saturated heterocycles. The molecule has 4 heteroatoms. The maximum atomic E-state index is 6.02. The van der Waals surface area contributed by atoms with Gasteiger partial charge in [-0.15, -0.1) is 0 Å². The van der Waals surface area contributed by atoms with Crippen molar-refractivity contribution < 1.29 is 4.74 Å². The SMILES string of the molecule is CC1(C)CN(Cc2cccc(Cl)c2)CC(CBr)O1. The van der Waals surface area contributed by atoms with E-state index in [1.807, 2.05) is 18.2 Å². The van der Waals surface area contributed by atoms with Crippen molar-refractivity contribution in [3.63, 3.8) is 0 Å². The van der Waals surface area contributed by atoms with Crippen LogP contribution in [0.25, 0.3) is 0 Å². The lowest BCUT2D eigenvalue weighted by molar-refractivity contribution is -0.128. The molecule has 0 aliphatic carbocycles. The van der Waals surface area contributed by atoms with Gasteiger partial charge in [0.2, 0.25) is 0 Å². The lowest BCUT2D eigenvalue weighted by Gasteiger charge is -2.42. The molecule has 2 rings (SSSR count). The number of hydrogen-bond acceptors (Lipinski definition) is 2. The molecule has 0 spiro atoms. The van der Waals surface area contributed by atoms with Crippen LogP contribution in [0, 0.1) is 0 Å². The molecule has 0 aromatic heterocycles. The molecule has 18 heavy (non-hydrogen) atoms. The Morgan fingerprint density at radius 2 is 2.28 bits per heavy atom. The fourth-order valence-electron chi connectivity index (χ4n) is 2.51. The number of benzene rings is 1. The number of nitrogens with zero attached hydrogens (tertiary/aromatic N) is 1. The predicted molar refractivity (Wildman–Crippen MR) is 79.5 cm³/mol. The molecule has 0 saturated carbocycles. The van der Waals surface area contributed by atoms with Gasteiger partial charge in [-0.05, 0) is 31.5 Å². The van der Waals surface area contributed by atoms with Gasteiger partial charge in [0.05, 0.1) is 11.7 Å². The molecular weight excluding hydrogens is 314 g/mol. The highest BCUT2D eigenvalue weighted by Crippen LogP contribution is 2.24. The third-order valence-corrected chi connectivity index (χ3v) is 3.98. The average molecular weight is 333 g/mol.